The molecule has 156 valence electrons. The van der Waals surface area contributed by atoms with E-state index in [1.165, 1.54) is 32.1 Å². The van der Waals surface area contributed by atoms with Gasteiger partial charge in [-0.2, -0.15) is 0 Å². The highest BCUT2D eigenvalue weighted by atomic mass is 16.5. The zero-order valence-corrected chi connectivity index (χ0v) is 17.0. The molecule has 0 spiro atoms. The number of carboxylic acids is 2. The minimum Gasteiger partial charge on any atom is -0.494 e. The largest absolute Gasteiger partial charge is 0.494 e. The molecule has 0 fully saturated rings. The van der Waals surface area contributed by atoms with Gasteiger partial charge in [0.15, 0.2) is 0 Å². The van der Waals surface area contributed by atoms with E-state index in [1.807, 2.05) is 0 Å². The van der Waals surface area contributed by atoms with Gasteiger partial charge in [-0.15, -0.1) is 0 Å². The molecular weight excluding hydrogens is 368 g/mol. The fraction of sp³-hybridized carbons (Fsp3) is 0.417. The molecular formula is C24H30O5. The summed E-state index contributed by atoms with van der Waals surface area (Å²) < 4.78 is 5.75. The van der Waals surface area contributed by atoms with E-state index in [2.05, 4.69) is 6.92 Å². The number of rotatable bonds is 13. The Bertz CT molecular complexity index is 813. The molecule has 0 aromatic heterocycles. The van der Waals surface area contributed by atoms with Gasteiger partial charge in [-0.25, -0.2) is 4.79 Å². The first-order valence-electron chi connectivity index (χ1n) is 10.3. The van der Waals surface area contributed by atoms with Crippen LogP contribution >= 0.6 is 0 Å². The van der Waals surface area contributed by atoms with Gasteiger partial charge < -0.3 is 14.9 Å². The summed E-state index contributed by atoms with van der Waals surface area (Å²) in [6, 6.07) is 12.0. The molecule has 0 atom stereocenters. The average Bonchev–Trinajstić information content (AvgIpc) is 2.69. The van der Waals surface area contributed by atoms with Gasteiger partial charge in [0.1, 0.15) is 5.75 Å². The van der Waals surface area contributed by atoms with Gasteiger partial charge in [-0.1, -0.05) is 69.7 Å². The van der Waals surface area contributed by atoms with Crippen LogP contribution in [0.25, 0.3) is 11.1 Å². The monoisotopic (exact) mass is 398 g/mol. The number of hydrogen-bond donors (Lipinski definition) is 2. The van der Waals surface area contributed by atoms with Gasteiger partial charge >= 0.3 is 11.9 Å². The molecule has 2 N–H and O–H groups in total. The summed E-state index contributed by atoms with van der Waals surface area (Å²) in [4.78, 5) is 22.7. The Labute approximate surface area is 172 Å². The van der Waals surface area contributed by atoms with Gasteiger partial charge in [0.25, 0.3) is 0 Å². The molecule has 0 saturated carbocycles. The van der Waals surface area contributed by atoms with Crippen molar-refractivity contribution in [2.24, 2.45) is 0 Å². The first-order chi connectivity index (χ1) is 14.0. The van der Waals surface area contributed by atoms with E-state index in [-0.39, 0.29) is 12.0 Å². The van der Waals surface area contributed by atoms with E-state index >= 15 is 0 Å². The standard InChI is InChI=1S/C24H30O5/c1-2-3-4-5-6-7-8-14-29-20-12-13-21(22(17-20)24(27)28)19-11-9-10-18(15-19)16-23(25)26/h9-13,15,17H,2-8,14,16H2,1H3,(H,25,26)(H,27,28). The van der Waals surface area contributed by atoms with E-state index in [1.54, 1.807) is 42.5 Å². The van der Waals surface area contributed by atoms with Crippen LogP contribution in [0.4, 0.5) is 0 Å². The second-order valence-electron chi connectivity index (χ2n) is 7.25. The first kappa shape index (κ1) is 22.5. The third kappa shape index (κ3) is 7.60. The van der Waals surface area contributed by atoms with Crippen LogP contribution in [0.3, 0.4) is 0 Å². The van der Waals surface area contributed by atoms with Crippen molar-refractivity contribution in [1.29, 1.82) is 0 Å². The topological polar surface area (TPSA) is 83.8 Å². The molecule has 5 heteroatoms. The van der Waals surface area contributed by atoms with Crippen molar-refractivity contribution in [3.8, 4) is 16.9 Å². The van der Waals surface area contributed by atoms with Gasteiger partial charge in [-0.3, -0.25) is 4.79 Å². The Morgan fingerprint density at radius 1 is 0.897 bits per heavy atom. The number of carboxylic acid groups (broad SMARTS) is 2. The summed E-state index contributed by atoms with van der Waals surface area (Å²) in [7, 11) is 0. The number of benzene rings is 2. The highest BCUT2D eigenvalue weighted by Gasteiger charge is 2.14. The van der Waals surface area contributed by atoms with E-state index in [9.17, 15) is 14.7 Å². The molecule has 29 heavy (non-hydrogen) atoms. The minimum absolute atomic E-state index is 0.101. The highest BCUT2D eigenvalue weighted by molar-refractivity contribution is 5.96. The number of unbranched alkanes of at least 4 members (excludes halogenated alkanes) is 6. The van der Waals surface area contributed by atoms with Crippen molar-refractivity contribution in [2.45, 2.75) is 58.3 Å². The van der Waals surface area contributed by atoms with Crippen molar-refractivity contribution in [3.05, 3.63) is 53.6 Å². The van der Waals surface area contributed by atoms with Crippen LogP contribution < -0.4 is 4.74 Å². The Morgan fingerprint density at radius 2 is 1.62 bits per heavy atom. The van der Waals surface area contributed by atoms with E-state index in [4.69, 9.17) is 9.84 Å². The number of hydrogen-bond acceptors (Lipinski definition) is 3. The van der Waals surface area contributed by atoms with Crippen LogP contribution in [0.5, 0.6) is 5.75 Å². The molecule has 0 aliphatic heterocycles. The van der Waals surface area contributed by atoms with Crippen LogP contribution in [0.15, 0.2) is 42.5 Å². The maximum absolute atomic E-state index is 11.8. The van der Waals surface area contributed by atoms with Crippen LogP contribution in [-0.4, -0.2) is 28.8 Å². The fourth-order valence-electron chi connectivity index (χ4n) is 3.31. The lowest BCUT2D eigenvalue weighted by Crippen LogP contribution is -2.03. The van der Waals surface area contributed by atoms with Gasteiger partial charge in [-0.05, 0) is 41.3 Å². The molecule has 2 aromatic rings. The molecule has 0 radical (unpaired) electrons. The molecule has 0 amide bonds. The predicted octanol–water partition coefficient (Wildman–Crippen LogP) is 5.81. The molecule has 0 aliphatic rings. The Kier molecular flexibility index (Phi) is 9.22. The molecule has 0 aliphatic carbocycles. The van der Waals surface area contributed by atoms with Crippen molar-refractivity contribution >= 4 is 11.9 Å². The van der Waals surface area contributed by atoms with Crippen LogP contribution in [0, 0.1) is 0 Å². The molecule has 0 unspecified atom stereocenters. The van der Waals surface area contributed by atoms with Crippen molar-refractivity contribution < 1.29 is 24.5 Å². The molecule has 2 rings (SSSR count). The van der Waals surface area contributed by atoms with Crippen LogP contribution in [0.2, 0.25) is 0 Å². The number of aliphatic carboxylic acids is 1. The number of carbonyl (C=O) groups is 2. The second-order valence-corrected chi connectivity index (χ2v) is 7.25. The maximum atomic E-state index is 11.8. The normalized spacial score (nSPS) is 10.7. The Balaban J connectivity index is 2.00. The summed E-state index contributed by atoms with van der Waals surface area (Å²) in [5.41, 5.74) is 2.01. The molecule has 0 bridgehead atoms. The Hall–Kier alpha value is -2.82. The summed E-state index contributed by atoms with van der Waals surface area (Å²) in [5.74, 6) is -1.42. The van der Waals surface area contributed by atoms with Crippen LogP contribution in [-0.2, 0) is 11.2 Å². The lowest BCUT2D eigenvalue weighted by molar-refractivity contribution is -0.136. The molecule has 2 aromatic carbocycles. The quantitative estimate of drug-likeness (QED) is 0.416. The second kappa shape index (κ2) is 11.9. The Morgan fingerprint density at radius 3 is 2.31 bits per heavy atom. The summed E-state index contributed by atoms with van der Waals surface area (Å²) in [6.07, 6.45) is 8.25. The zero-order chi connectivity index (χ0) is 21.1. The highest BCUT2D eigenvalue weighted by Crippen LogP contribution is 2.28. The van der Waals surface area contributed by atoms with Crippen molar-refractivity contribution in [1.82, 2.24) is 0 Å². The zero-order valence-electron chi connectivity index (χ0n) is 17.0. The minimum atomic E-state index is -1.04. The smallest absolute Gasteiger partial charge is 0.336 e. The predicted molar refractivity (Wildman–Crippen MR) is 114 cm³/mol. The SMILES string of the molecule is CCCCCCCCCOc1ccc(-c2cccc(CC(=O)O)c2)c(C(=O)O)c1. The summed E-state index contributed by atoms with van der Waals surface area (Å²) in [5, 5.41) is 18.6. The fourth-order valence-corrected chi connectivity index (χ4v) is 3.31. The van der Waals surface area contributed by atoms with Crippen molar-refractivity contribution in [3.63, 3.8) is 0 Å². The van der Waals surface area contributed by atoms with Gasteiger partial charge in [0, 0.05) is 0 Å². The van der Waals surface area contributed by atoms with Gasteiger partial charge in [0.2, 0.25) is 0 Å². The van der Waals surface area contributed by atoms with E-state index < -0.39 is 11.9 Å². The third-order valence-electron chi connectivity index (χ3n) is 4.83. The molecule has 0 heterocycles. The lowest BCUT2D eigenvalue weighted by atomic mass is 9.97. The molecule has 0 saturated heterocycles. The lowest BCUT2D eigenvalue weighted by Gasteiger charge is -2.11. The first-order valence-corrected chi connectivity index (χ1v) is 10.3. The molecule has 5 nitrogen and oxygen atoms in total. The third-order valence-corrected chi connectivity index (χ3v) is 4.83. The summed E-state index contributed by atoms with van der Waals surface area (Å²) >= 11 is 0. The number of aromatic carboxylic acids is 1. The van der Waals surface area contributed by atoms with Crippen molar-refractivity contribution in [2.75, 3.05) is 6.61 Å². The van der Waals surface area contributed by atoms with E-state index in [0.29, 0.717) is 29.0 Å². The van der Waals surface area contributed by atoms with Crippen LogP contribution in [0.1, 0.15) is 67.8 Å². The van der Waals surface area contributed by atoms with E-state index in [0.717, 1.165) is 12.8 Å². The van der Waals surface area contributed by atoms with Gasteiger partial charge in [0.05, 0.1) is 18.6 Å². The number of ether oxygens (including phenoxy) is 1. The maximum Gasteiger partial charge on any atom is 0.336 e. The average molecular weight is 398 g/mol. The summed E-state index contributed by atoms with van der Waals surface area (Å²) in [6.45, 7) is 2.78.